The Labute approximate surface area is 69.3 Å². The first-order valence-corrected chi connectivity index (χ1v) is 3.72. The standard InChI is InChI=1S/C8H7ClN2/c9-11-7-1-2-8-6(5-7)3-4-10-8/h1-5,10-11H. The number of H-pyrrole nitrogens is 1. The molecule has 0 unspecified atom stereocenters. The molecule has 1 aromatic carbocycles. The second-order valence-corrected chi connectivity index (χ2v) is 2.56. The Hall–Kier alpha value is -1.15. The van der Waals surface area contributed by atoms with Gasteiger partial charge in [-0.2, -0.15) is 0 Å². The molecule has 0 saturated carbocycles. The fourth-order valence-electron chi connectivity index (χ4n) is 1.11. The first-order valence-electron chi connectivity index (χ1n) is 3.34. The monoisotopic (exact) mass is 166 g/mol. The molecule has 2 nitrogen and oxygen atoms in total. The van der Waals surface area contributed by atoms with Crippen LogP contribution in [0, 0.1) is 0 Å². The van der Waals surface area contributed by atoms with Gasteiger partial charge in [-0.15, -0.1) is 0 Å². The number of rotatable bonds is 1. The number of nitrogens with one attached hydrogen (secondary N) is 2. The van der Waals surface area contributed by atoms with Gasteiger partial charge >= 0.3 is 0 Å². The molecule has 0 bridgehead atoms. The quantitative estimate of drug-likeness (QED) is 0.627. The number of aromatic nitrogens is 1. The van der Waals surface area contributed by atoms with Gasteiger partial charge in [0.05, 0.1) is 0 Å². The summed E-state index contributed by atoms with van der Waals surface area (Å²) in [5.41, 5.74) is 2.04. The third-order valence-corrected chi connectivity index (χ3v) is 1.88. The van der Waals surface area contributed by atoms with Gasteiger partial charge in [-0.1, -0.05) is 0 Å². The predicted octanol–water partition coefficient (Wildman–Crippen LogP) is 2.73. The fourth-order valence-corrected chi connectivity index (χ4v) is 1.23. The summed E-state index contributed by atoms with van der Waals surface area (Å²) in [5, 5.41) is 1.16. The number of benzene rings is 1. The zero-order valence-electron chi connectivity index (χ0n) is 5.76. The van der Waals surface area contributed by atoms with Gasteiger partial charge < -0.3 is 4.98 Å². The van der Waals surface area contributed by atoms with Crippen LogP contribution >= 0.6 is 11.8 Å². The van der Waals surface area contributed by atoms with Crippen LogP contribution in [0.4, 0.5) is 5.69 Å². The minimum Gasteiger partial charge on any atom is -0.361 e. The molecule has 0 radical (unpaired) electrons. The van der Waals surface area contributed by atoms with E-state index in [1.165, 1.54) is 0 Å². The smallest absolute Gasteiger partial charge is 0.0499 e. The number of hydrogen-bond donors (Lipinski definition) is 2. The van der Waals surface area contributed by atoms with Crippen LogP contribution in [0.5, 0.6) is 0 Å². The summed E-state index contributed by atoms with van der Waals surface area (Å²) >= 11 is 5.43. The van der Waals surface area contributed by atoms with Crippen molar-refractivity contribution in [3.05, 3.63) is 30.5 Å². The topological polar surface area (TPSA) is 27.8 Å². The van der Waals surface area contributed by atoms with E-state index >= 15 is 0 Å². The van der Waals surface area contributed by atoms with Crippen molar-refractivity contribution in [2.45, 2.75) is 0 Å². The Balaban J connectivity index is 2.67. The lowest BCUT2D eigenvalue weighted by Crippen LogP contribution is -1.77. The first-order chi connectivity index (χ1) is 5.40. The molecule has 0 aliphatic heterocycles. The molecular weight excluding hydrogens is 160 g/mol. The van der Waals surface area contributed by atoms with Gasteiger partial charge in [0.1, 0.15) is 0 Å². The highest BCUT2D eigenvalue weighted by molar-refractivity contribution is 6.24. The highest BCUT2D eigenvalue weighted by Gasteiger charge is 1.93. The van der Waals surface area contributed by atoms with Crippen molar-refractivity contribution < 1.29 is 0 Å². The molecule has 3 heteroatoms. The minimum atomic E-state index is 0.916. The fraction of sp³-hybridized carbons (Fsp3) is 0. The summed E-state index contributed by atoms with van der Waals surface area (Å²) in [5.74, 6) is 0. The number of halogens is 1. The lowest BCUT2D eigenvalue weighted by molar-refractivity contribution is 1.48. The second-order valence-electron chi connectivity index (χ2n) is 2.37. The summed E-state index contributed by atoms with van der Waals surface area (Å²) in [6.45, 7) is 0. The lowest BCUT2D eigenvalue weighted by atomic mass is 10.2. The van der Waals surface area contributed by atoms with Gasteiger partial charge in [-0.05, 0) is 24.3 Å². The van der Waals surface area contributed by atoms with Gasteiger partial charge in [0.15, 0.2) is 0 Å². The summed E-state index contributed by atoms with van der Waals surface area (Å²) in [6, 6.07) is 7.90. The Bertz CT molecular complexity index is 367. The Morgan fingerprint density at radius 2 is 2.18 bits per heavy atom. The van der Waals surface area contributed by atoms with Crippen LogP contribution in [-0.2, 0) is 0 Å². The maximum atomic E-state index is 5.43. The van der Waals surface area contributed by atoms with E-state index < -0.39 is 0 Å². The van der Waals surface area contributed by atoms with Crippen LogP contribution in [0.1, 0.15) is 0 Å². The van der Waals surface area contributed by atoms with Gasteiger partial charge in [0, 0.05) is 34.6 Å². The van der Waals surface area contributed by atoms with E-state index in [9.17, 15) is 0 Å². The second kappa shape index (κ2) is 2.47. The molecule has 1 aromatic heterocycles. The highest BCUT2D eigenvalue weighted by Crippen LogP contribution is 2.17. The van der Waals surface area contributed by atoms with Crippen LogP contribution < -0.4 is 4.84 Å². The van der Waals surface area contributed by atoms with Crippen LogP contribution in [0.3, 0.4) is 0 Å². The summed E-state index contributed by atoms with van der Waals surface area (Å²) < 4.78 is 0. The van der Waals surface area contributed by atoms with Crippen molar-refractivity contribution in [3.8, 4) is 0 Å². The van der Waals surface area contributed by atoms with Crippen molar-refractivity contribution >= 4 is 28.4 Å². The van der Waals surface area contributed by atoms with Crippen LogP contribution in [0.2, 0.25) is 0 Å². The summed E-state index contributed by atoms with van der Waals surface area (Å²) in [6.07, 6.45) is 1.91. The molecule has 2 N–H and O–H groups in total. The van der Waals surface area contributed by atoms with E-state index in [-0.39, 0.29) is 0 Å². The normalized spacial score (nSPS) is 10.3. The molecule has 0 amide bonds. The maximum Gasteiger partial charge on any atom is 0.0499 e. The van der Waals surface area contributed by atoms with E-state index in [1.807, 2.05) is 30.5 Å². The van der Waals surface area contributed by atoms with E-state index in [1.54, 1.807) is 0 Å². The van der Waals surface area contributed by atoms with E-state index in [2.05, 4.69) is 9.82 Å². The molecule has 2 rings (SSSR count). The van der Waals surface area contributed by atoms with Gasteiger partial charge in [-0.3, -0.25) is 4.84 Å². The largest absolute Gasteiger partial charge is 0.361 e. The number of fused-ring (bicyclic) bond motifs is 1. The van der Waals surface area contributed by atoms with E-state index in [4.69, 9.17) is 11.8 Å². The molecule has 2 aromatic rings. The SMILES string of the molecule is ClNc1ccc2[nH]ccc2c1. The number of aromatic amines is 1. The van der Waals surface area contributed by atoms with Crippen molar-refractivity contribution in [3.63, 3.8) is 0 Å². The molecule has 56 valence electrons. The molecular formula is C8H7ClN2. The van der Waals surface area contributed by atoms with Crippen molar-refractivity contribution in [2.24, 2.45) is 0 Å². The minimum absolute atomic E-state index is 0.916. The Morgan fingerprint density at radius 1 is 1.27 bits per heavy atom. The third-order valence-electron chi connectivity index (χ3n) is 1.66. The highest BCUT2D eigenvalue weighted by atomic mass is 35.5. The molecule has 0 aliphatic rings. The van der Waals surface area contributed by atoms with Crippen molar-refractivity contribution in [1.82, 2.24) is 4.98 Å². The van der Waals surface area contributed by atoms with Crippen molar-refractivity contribution in [2.75, 3.05) is 4.84 Å². The van der Waals surface area contributed by atoms with Gasteiger partial charge in [0.2, 0.25) is 0 Å². The molecule has 0 aliphatic carbocycles. The van der Waals surface area contributed by atoms with E-state index in [0.717, 1.165) is 16.6 Å². The average Bonchev–Trinajstić information content (AvgIpc) is 2.50. The Morgan fingerprint density at radius 3 is 3.00 bits per heavy atom. The van der Waals surface area contributed by atoms with E-state index in [0.29, 0.717) is 0 Å². The van der Waals surface area contributed by atoms with Gasteiger partial charge in [-0.25, -0.2) is 0 Å². The van der Waals surface area contributed by atoms with Crippen LogP contribution in [0.25, 0.3) is 10.9 Å². The van der Waals surface area contributed by atoms with Crippen molar-refractivity contribution in [1.29, 1.82) is 0 Å². The van der Waals surface area contributed by atoms with Gasteiger partial charge in [0.25, 0.3) is 0 Å². The van der Waals surface area contributed by atoms with Crippen LogP contribution in [-0.4, -0.2) is 4.98 Å². The predicted molar refractivity (Wildman–Crippen MR) is 47.8 cm³/mol. The maximum absolute atomic E-state index is 5.43. The molecule has 0 spiro atoms. The molecule has 11 heavy (non-hydrogen) atoms. The zero-order chi connectivity index (χ0) is 7.68. The number of anilines is 1. The molecule has 0 atom stereocenters. The average molecular weight is 167 g/mol. The summed E-state index contributed by atoms with van der Waals surface area (Å²) in [7, 11) is 0. The first kappa shape index (κ1) is 6.55. The van der Waals surface area contributed by atoms with Crippen LogP contribution in [0.15, 0.2) is 30.5 Å². The zero-order valence-corrected chi connectivity index (χ0v) is 6.52. The lowest BCUT2D eigenvalue weighted by Gasteiger charge is -1.95. The summed E-state index contributed by atoms with van der Waals surface area (Å²) in [4.78, 5) is 5.67. The molecule has 1 heterocycles. The molecule has 0 fully saturated rings. The molecule has 0 saturated heterocycles. The number of hydrogen-bond acceptors (Lipinski definition) is 1. The Kier molecular flexibility index (Phi) is 1.47. The third kappa shape index (κ3) is 1.05.